The van der Waals surface area contributed by atoms with Crippen molar-refractivity contribution in [3.8, 4) is 0 Å². The number of hydrogen-bond donors (Lipinski definition) is 2. The number of carboxylic acid groups (broad SMARTS) is 1. The first-order chi connectivity index (χ1) is 9.36. The van der Waals surface area contributed by atoms with Crippen LogP contribution in [0.2, 0.25) is 10.0 Å². The zero-order valence-electron chi connectivity index (χ0n) is 12.1. The summed E-state index contributed by atoms with van der Waals surface area (Å²) in [5.41, 5.74) is -0.666. The van der Waals surface area contributed by atoms with Crippen LogP contribution in [0.4, 0.5) is 0 Å². The van der Waals surface area contributed by atoms with Gasteiger partial charge in [0.2, 0.25) is 10.0 Å². The molecule has 2 N–H and O–H groups in total. The summed E-state index contributed by atoms with van der Waals surface area (Å²) in [6.07, 6.45) is 0. The highest BCUT2D eigenvalue weighted by molar-refractivity contribution is 7.89. The molecule has 1 aromatic carbocycles. The van der Waals surface area contributed by atoms with Crippen molar-refractivity contribution in [3.63, 3.8) is 0 Å². The van der Waals surface area contributed by atoms with Crippen molar-refractivity contribution in [2.75, 3.05) is 0 Å². The van der Waals surface area contributed by atoms with E-state index in [1.807, 2.05) is 20.8 Å². The highest BCUT2D eigenvalue weighted by atomic mass is 35.5. The monoisotopic (exact) mass is 353 g/mol. The van der Waals surface area contributed by atoms with E-state index in [1.54, 1.807) is 6.92 Å². The van der Waals surface area contributed by atoms with Gasteiger partial charge in [-0.05, 0) is 24.5 Å². The van der Waals surface area contributed by atoms with Gasteiger partial charge in [-0.25, -0.2) is 17.9 Å². The van der Waals surface area contributed by atoms with Gasteiger partial charge in [-0.3, -0.25) is 0 Å². The van der Waals surface area contributed by atoms with E-state index in [1.165, 1.54) is 0 Å². The first kappa shape index (κ1) is 18.2. The Bertz CT molecular complexity index is 665. The van der Waals surface area contributed by atoms with Crippen molar-refractivity contribution in [2.45, 2.75) is 38.6 Å². The summed E-state index contributed by atoms with van der Waals surface area (Å²) in [5.74, 6) is -1.34. The molecule has 118 valence electrons. The Morgan fingerprint density at radius 3 is 2.24 bits per heavy atom. The largest absolute Gasteiger partial charge is 0.478 e. The molecular formula is C13H17Cl2NO4S. The van der Waals surface area contributed by atoms with Crippen LogP contribution < -0.4 is 4.72 Å². The van der Waals surface area contributed by atoms with Gasteiger partial charge in [-0.2, -0.15) is 0 Å². The van der Waals surface area contributed by atoms with Crippen LogP contribution in [-0.2, 0) is 10.0 Å². The van der Waals surface area contributed by atoms with Crippen LogP contribution in [0.15, 0.2) is 17.0 Å². The van der Waals surface area contributed by atoms with Crippen molar-refractivity contribution in [3.05, 3.63) is 27.7 Å². The molecule has 1 rings (SSSR count). The summed E-state index contributed by atoms with van der Waals surface area (Å²) in [6, 6.07) is 1.86. The predicted octanol–water partition coefficient (Wildman–Crippen LogP) is 3.40. The summed E-state index contributed by atoms with van der Waals surface area (Å²) in [4.78, 5) is 10.7. The van der Waals surface area contributed by atoms with Gasteiger partial charge in [-0.1, -0.05) is 44.0 Å². The van der Waals surface area contributed by atoms with Gasteiger partial charge in [0.05, 0.1) is 10.6 Å². The van der Waals surface area contributed by atoms with Crippen LogP contribution in [0.25, 0.3) is 0 Å². The maximum atomic E-state index is 12.4. The summed E-state index contributed by atoms with van der Waals surface area (Å²) in [6.45, 7) is 7.35. The number of carboxylic acids is 1. The van der Waals surface area contributed by atoms with E-state index in [0.717, 1.165) is 12.1 Å². The Morgan fingerprint density at radius 2 is 1.81 bits per heavy atom. The highest BCUT2D eigenvalue weighted by Gasteiger charge is 2.29. The second-order valence-electron chi connectivity index (χ2n) is 5.78. The lowest BCUT2D eigenvalue weighted by molar-refractivity contribution is 0.0697. The van der Waals surface area contributed by atoms with Crippen LogP contribution in [0.3, 0.4) is 0 Å². The minimum atomic E-state index is -3.98. The van der Waals surface area contributed by atoms with Crippen LogP contribution >= 0.6 is 23.2 Å². The van der Waals surface area contributed by atoms with Crippen molar-refractivity contribution >= 4 is 39.2 Å². The molecule has 0 bridgehead atoms. The molecule has 0 fully saturated rings. The third-order valence-corrected chi connectivity index (χ3v) is 5.46. The second-order valence-corrected chi connectivity index (χ2v) is 8.28. The maximum absolute atomic E-state index is 12.4. The lowest BCUT2D eigenvalue weighted by atomic mass is 9.89. The molecule has 1 atom stereocenters. The van der Waals surface area contributed by atoms with E-state index in [0.29, 0.717) is 0 Å². The number of aromatic carboxylic acids is 1. The highest BCUT2D eigenvalue weighted by Crippen LogP contribution is 2.30. The molecule has 8 heteroatoms. The molecule has 1 unspecified atom stereocenters. The molecular weight excluding hydrogens is 337 g/mol. The molecule has 1 aromatic rings. The van der Waals surface area contributed by atoms with Crippen LogP contribution in [0.5, 0.6) is 0 Å². The minimum absolute atomic E-state index is 0.0133. The lowest BCUT2D eigenvalue weighted by Crippen LogP contribution is -2.41. The summed E-state index contributed by atoms with van der Waals surface area (Å²) < 4.78 is 27.3. The Balaban J connectivity index is 3.36. The topological polar surface area (TPSA) is 83.5 Å². The van der Waals surface area contributed by atoms with E-state index in [-0.39, 0.29) is 32.0 Å². The Morgan fingerprint density at radius 1 is 1.29 bits per heavy atom. The fourth-order valence-corrected chi connectivity index (χ4v) is 3.74. The molecule has 0 amide bonds. The Labute approximate surface area is 134 Å². The van der Waals surface area contributed by atoms with Gasteiger partial charge < -0.3 is 5.11 Å². The number of halogens is 2. The third-order valence-electron chi connectivity index (χ3n) is 3.15. The molecule has 0 aliphatic carbocycles. The van der Waals surface area contributed by atoms with Gasteiger partial charge in [0.1, 0.15) is 4.90 Å². The molecule has 0 radical (unpaired) electrons. The first-order valence-electron chi connectivity index (χ1n) is 6.11. The molecule has 0 aromatic heterocycles. The quantitative estimate of drug-likeness (QED) is 0.868. The van der Waals surface area contributed by atoms with Gasteiger partial charge >= 0.3 is 5.97 Å². The maximum Gasteiger partial charge on any atom is 0.337 e. The summed E-state index contributed by atoms with van der Waals surface area (Å²) in [5, 5.41) is 8.66. The number of benzene rings is 1. The third kappa shape index (κ3) is 4.32. The molecule has 0 heterocycles. The van der Waals surface area contributed by atoms with Crippen molar-refractivity contribution in [1.82, 2.24) is 4.72 Å². The van der Waals surface area contributed by atoms with Crippen molar-refractivity contribution in [1.29, 1.82) is 0 Å². The minimum Gasteiger partial charge on any atom is -0.478 e. The van der Waals surface area contributed by atoms with Crippen molar-refractivity contribution in [2.24, 2.45) is 5.41 Å². The fraction of sp³-hybridized carbons (Fsp3) is 0.462. The van der Waals surface area contributed by atoms with E-state index < -0.39 is 16.0 Å². The molecule has 0 aliphatic rings. The van der Waals surface area contributed by atoms with Gasteiger partial charge in [-0.15, -0.1) is 0 Å². The Hall–Kier alpha value is -0.820. The smallest absolute Gasteiger partial charge is 0.337 e. The molecule has 0 saturated carbocycles. The Kier molecular flexibility index (Phi) is 5.31. The standard InChI is InChI=1S/C13H17Cl2NO4S/c1-7(13(2,3)4)16-21(19,20)10-6-8(14)5-9(11(10)15)12(17)18/h5-7,16H,1-4H3,(H,17,18). The number of carbonyl (C=O) groups is 1. The van der Waals surface area contributed by atoms with Gasteiger partial charge in [0, 0.05) is 11.1 Å². The summed E-state index contributed by atoms with van der Waals surface area (Å²) >= 11 is 11.7. The molecule has 5 nitrogen and oxygen atoms in total. The number of hydrogen-bond acceptors (Lipinski definition) is 3. The van der Waals surface area contributed by atoms with Crippen molar-refractivity contribution < 1.29 is 18.3 Å². The zero-order valence-corrected chi connectivity index (χ0v) is 14.4. The zero-order chi connectivity index (χ0) is 16.6. The average Bonchev–Trinajstić information content (AvgIpc) is 2.29. The number of sulfonamides is 1. The van der Waals surface area contributed by atoms with Crippen LogP contribution in [0, 0.1) is 5.41 Å². The molecule has 0 spiro atoms. The summed E-state index contributed by atoms with van der Waals surface area (Å²) in [7, 11) is -3.98. The molecule has 0 aliphatic heterocycles. The van der Waals surface area contributed by atoms with E-state index in [9.17, 15) is 13.2 Å². The van der Waals surface area contributed by atoms with E-state index >= 15 is 0 Å². The lowest BCUT2D eigenvalue weighted by Gasteiger charge is -2.28. The van der Waals surface area contributed by atoms with Gasteiger partial charge in [0.15, 0.2) is 0 Å². The van der Waals surface area contributed by atoms with E-state index in [4.69, 9.17) is 28.3 Å². The number of nitrogens with one attached hydrogen (secondary N) is 1. The normalized spacial score (nSPS) is 14.0. The van der Waals surface area contributed by atoms with Crippen LogP contribution in [-0.4, -0.2) is 25.5 Å². The SMILES string of the molecule is CC(NS(=O)(=O)c1cc(Cl)cc(C(=O)O)c1Cl)C(C)(C)C. The van der Waals surface area contributed by atoms with E-state index in [2.05, 4.69) is 4.72 Å². The predicted molar refractivity (Wildman–Crippen MR) is 82.7 cm³/mol. The van der Waals surface area contributed by atoms with Crippen LogP contribution in [0.1, 0.15) is 38.1 Å². The molecule has 0 saturated heterocycles. The van der Waals surface area contributed by atoms with Gasteiger partial charge in [0.25, 0.3) is 0 Å². The average molecular weight is 354 g/mol. The number of rotatable bonds is 4. The fourth-order valence-electron chi connectivity index (χ4n) is 1.39. The molecule has 21 heavy (non-hydrogen) atoms. The second kappa shape index (κ2) is 6.12. The first-order valence-corrected chi connectivity index (χ1v) is 8.35.